The molecular formula is B6Ba. The van der Waals surface area contributed by atoms with Gasteiger partial charge in [0.15, 0.2) is 0 Å². The smallest absolute Gasteiger partial charge is 2.00 e. The van der Waals surface area contributed by atoms with E-state index >= 15 is 0 Å². The van der Waals surface area contributed by atoms with Gasteiger partial charge in [-0.05, 0) is 0 Å². The van der Waals surface area contributed by atoms with Crippen LogP contribution in [0.15, 0.2) is 0 Å². The first-order valence-corrected chi connectivity index (χ1v) is 1.67. The molecule has 0 rings (SSSR count). The summed E-state index contributed by atoms with van der Waals surface area (Å²) in [6.07, 6.45) is 0. The van der Waals surface area contributed by atoms with Crippen molar-refractivity contribution in [2.45, 2.75) is 0 Å². The molecule has 0 saturated heterocycles. The summed E-state index contributed by atoms with van der Waals surface area (Å²) < 4.78 is 0. The van der Waals surface area contributed by atoms with Gasteiger partial charge >= 0.3 is 90.4 Å². The molecule has 0 amide bonds. The van der Waals surface area contributed by atoms with Crippen molar-refractivity contribution >= 4 is 90.4 Å². The molecule has 0 aromatic heterocycles. The summed E-state index contributed by atoms with van der Waals surface area (Å²) in [5.74, 6) is 0. The Bertz CT molecular complexity index is 62.2. The third kappa shape index (κ3) is 11.5. The molecule has 7 heteroatoms. The maximum absolute atomic E-state index is 4.93. The van der Waals surface area contributed by atoms with Gasteiger partial charge in [0, 0.05) is 0 Å². The molecule has 0 aromatic carbocycles. The maximum atomic E-state index is 4.93. The summed E-state index contributed by atoms with van der Waals surface area (Å²) in [4.78, 5) is 0. The molecule has 0 unspecified atom stereocenters. The van der Waals surface area contributed by atoms with Gasteiger partial charge < -0.3 is 0 Å². The van der Waals surface area contributed by atoms with Crippen LogP contribution in [0.3, 0.4) is 0 Å². The first-order chi connectivity index (χ1) is 2.91. The third-order valence-electron chi connectivity index (χ3n) is 0.333. The van der Waals surface area contributed by atoms with Gasteiger partial charge in [-0.3, -0.25) is 0 Å². The molecule has 0 fully saturated rings. The molecule has 0 heterocycles. The van der Waals surface area contributed by atoms with Gasteiger partial charge in [-0.1, -0.05) is 0 Å². The Balaban J connectivity index is 0. The Hall–Kier alpha value is 1.96. The normalized spacial score (nSPS) is 4.00. The van der Waals surface area contributed by atoms with Crippen molar-refractivity contribution in [3.63, 3.8) is 0 Å². The minimum atomic E-state index is 0. The van der Waals surface area contributed by atoms with E-state index in [-0.39, 0.29) is 48.9 Å². The Kier molecular flexibility index (Phi) is 18.2. The van der Waals surface area contributed by atoms with Gasteiger partial charge in [-0.25, -0.2) is 0 Å². The average molecular weight is 202 g/mol. The van der Waals surface area contributed by atoms with Gasteiger partial charge in [0.25, 0.3) is 0 Å². The van der Waals surface area contributed by atoms with Gasteiger partial charge in [0.1, 0.15) is 0 Å². The number of hydrogen-bond acceptors (Lipinski definition) is 0. The Morgan fingerprint density at radius 2 is 1.14 bits per heavy atom. The fourth-order valence-corrected chi connectivity index (χ4v) is 0.128. The van der Waals surface area contributed by atoms with Crippen LogP contribution in [0.4, 0.5) is 0 Å². The molecular weight excluding hydrogens is 202 g/mol. The SMILES string of the molecule is [B-]=BB=BB=[B-].[Ba+2]. The Morgan fingerprint density at radius 1 is 0.857 bits per heavy atom. The second-order valence-corrected chi connectivity index (χ2v) is 0.770. The molecule has 0 aromatic rings. The van der Waals surface area contributed by atoms with E-state index in [1.54, 1.807) is 13.4 Å². The van der Waals surface area contributed by atoms with Crippen molar-refractivity contribution in [3.05, 3.63) is 0 Å². The zero-order valence-electron chi connectivity index (χ0n) is 4.17. The van der Waals surface area contributed by atoms with Crippen LogP contribution in [0.5, 0.6) is 0 Å². The number of hydrogen-bond donors (Lipinski definition) is 0. The van der Waals surface area contributed by atoms with Gasteiger partial charge in [-0.2, -0.15) is 0 Å². The van der Waals surface area contributed by atoms with Gasteiger partial charge in [0.05, 0.1) is 0 Å². The van der Waals surface area contributed by atoms with E-state index in [2.05, 4.69) is 0 Å². The molecule has 0 N–H and O–H groups in total. The van der Waals surface area contributed by atoms with Crippen molar-refractivity contribution < 1.29 is 0 Å². The quantitative estimate of drug-likeness (QED) is 0.429. The van der Waals surface area contributed by atoms with E-state index in [1.807, 2.05) is 0 Å². The predicted octanol–water partition coefficient (Wildman–Crippen LogP) is -2.67. The molecule has 7 heavy (non-hydrogen) atoms. The summed E-state index contributed by atoms with van der Waals surface area (Å²) >= 11 is 0. The van der Waals surface area contributed by atoms with Crippen LogP contribution in [0.25, 0.3) is 0 Å². The predicted molar refractivity (Wildman–Crippen MR) is 40.3 cm³/mol. The van der Waals surface area contributed by atoms with E-state index in [4.69, 9.17) is 14.7 Å². The molecule has 0 aliphatic heterocycles. The van der Waals surface area contributed by atoms with Crippen molar-refractivity contribution in [1.29, 1.82) is 0 Å². The van der Waals surface area contributed by atoms with Crippen molar-refractivity contribution in [3.8, 4) is 0 Å². The van der Waals surface area contributed by atoms with Crippen LogP contribution in [-0.4, -0.2) is 90.4 Å². The summed E-state index contributed by atoms with van der Waals surface area (Å²) in [5.41, 5.74) is 0. The molecule has 0 nitrogen and oxygen atoms in total. The molecule has 0 aliphatic rings. The van der Waals surface area contributed by atoms with Crippen molar-refractivity contribution in [2.24, 2.45) is 0 Å². The topological polar surface area (TPSA) is 0 Å². The summed E-state index contributed by atoms with van der Waals surface area (Å²) in [6, 6.07) is 0. The Labute approximate surface area is 88.9 Å². The van der Waals surface area contributed by atoms with Crippen LogP contribution in [0.1, 0.15) is 0 Å². The molecule has 4 radical (unpaired) electrons. The van der Waals surface area contributed by atoms with Crippen molar-refractivity contribution in [2.75, 3.05) is 0 Å². The van der Waals surface area contributed by atoms with Crippen LogP contribution in [-0.2, 0) is 0 Å². The second-order valence-electron chi connectivity index (χ2n) is 0.770. The molecule has 0 saturated carbocycles. The van der Waals surface area contributed by atoms with Crippen LogP contribution >= 0.6 is 0 Å². The van der Waals surface area contributed by atoms with Crippen LogP contribution < -0.4 is 0 Å². The van der Waals surface area contributed by atoms with E-state index in [0.29, 0.717) is 0 Å². The molecule has 0 atom stereocenters. The van der Waals surface area contributed by atoms with Gasteiger partial charge in [-0.15, -0.1) is 0 Å². The molecule has 20 valence electrons. The molecule has 0 aliphatic carbocycles. The van der Waals surface area contributed by atoms with E-state index in [9.17, 15) is 0 Å². The summed E-state index contributed by atoms with van der Waals surface area (Å²) in [7, 11) is 9.85. The number of rotatable bonds is 2. The standard InChI is InChI=1S/B6.Ba/c1-3-5-6-4-2;/q-2;+2. The van der Waals surface area contributed by atoms with E-state index in [1.165, 1.54) is 13.4 Å². The fourth-order valence-electron chi connectivity index (χ4n) is 0.128. The van der Waals surface area contributed by atoms with Crippen molar-refractivity contribution in [1.82, 2.24) is 0 Å². The summed E-state index contributed by atoms with van der Waals surface area (Å²) in [6.45, 7) is 6.15. The minimum absolute atomic E-state index is 0. The van der Waals surface area contributed by atoms with Crippen LogP contribution in [0.2, 0.25) is 0 Å². The monoisotopic (exact) mass is 204 g/mol. The molecule has 0 bridgehead atoms. The van der Waals surface area contributed by atoms with E-state index in [0.717, 1.165) is 0 Å². The zero-order chi connectivity index (χ0) is 4.83. The maximum Gasteiger partial charge on any atom is 2.00 e. The minimum Gasteiger partial charge on any atom is 2.00 e. The first-order valence-electron chi connectivity index (χ1n) is 1.67. The zero-order valence-corrected chi connectivity index (χ0v) is 8.61. The van der Waals surface area contributed by atoms with Gasteiger partial charge in [0.2, 0.25) is 0 Å². The first kappa shape index (κ1) is 11.7. The third-order valence-corrected chi connectivity index (χ3v) is 0.333. The molecule has 0 spiro atoms. The summed E-state index contributed by atoms with van der Waals surface area (Å²) in [5, 5.41) is 0. The largest absolute Gasteiger partial charge is 2.00 e. The average Bonchev–Trinajstić information content (AvgIpc) is 1.61. The van der Waals surface area contributed by atoms with Crippen LogP contribution in [0, 0.1) is 0 Å². The fraction of sp³-hybridized carbons (Fsp3) is 0. The van der Waals surface area contributed by atoms with E-state index < -0.39 is 0 Å². The Morgan fingerprint density at radius 3 is 1.29 bits per heavy atom. The second kappa shape index (κ2) is 10.9.